The van der Waals surface area contributed by atoms with Crippen LogP contribution in [0.1, 0.15) is 52.7 Å². The summed E-state index contributed by atoms with van der Waals surface area (Å²) in [6.45, 7) is 13.7. The van der Waals surface area contributed by atoms with Crippen molar-refractivity contribution in [2.75, 3.05) is 9.80 Å². The summed E-state index contributed by atoms with van der Waals surface area (Å²) in [7, 11) is 0. The number of hydrogen-bond acceptors (Lipinski definition) is 6. The van der Waals surface area contributed by atoms with E-state index in [4.69, 9.17) is 19.9 Å². The van der Waals surface area contributed by atoms with Gasteiger partial charge >= 0.3 is 0 Å². The molecule has 12 aromatic rings. The Balaban J connectivity index is 1.02. The van der Waals surface area contributed by atoms with Gasteiger partial charge in [0.1, 0.15) is 0 Å². The van der Waals surface area contributed by atoms with E-state index in [1.54, 1.807) is 0 Å². The van der Waals surface area contributed by atoms with Gasteiger partial charge in [-0.05, 0) is 149 Å². The number of fused-ring (bicyclic) bond motifs is 2. The number of benzene rings is 10. The first-order valence-corrected chi connectivity index (χ1v) is 24.1. The number of anilines is 6. The fraction of sp³-hybridized carbons (Fsp3) is 0.125. The zero-order valence-corrected chi connectivity index (χ0v) is 40.3. The van der Waals surface area contributed by atoms with E-state index in [2.05, 4.69) is 221 Å². The molecule has 0 saturated carbocycles. The molecule has 0 spiro atoms. The first kappa shape index (κ1) is 42.8. The minimum atomic E-state index is -0.127. The van der Waals surface area contributed by atoms with Crippen LogP contribution in [0.25, 0.3) is 76.4 Å². The molecule has 0 saturated heterocycles. The van der Waals surface area contributed by atoms with Gasteiger partial charge in [0, 0.05) is 33.9 Å². The number of hydrogen-bond donors (Lipinski definition) is 0. The van der Waals surface area contributed by atoms with Gasteiger partial charge < -0.3 is 0 Å². The maximum Gasteiger partial charge on any atom is 0.156 e. The summed E-state index contributed by atoms with van der Waals surface area (Å²) >= 11 is 0. The molecule has 0 aliphatic carbocycles. The molecule has 2 aromatic heterocycles. The number of rotatable bonds is 8. The fourth-order valence-corrected chi connectivity index (χ4v) is 10.1. The lowest BCUT2D eigenvalue weighted by Crippen LogP contribution is -2.13. The largest absolute Gasteiger partial charge is 0.294 e. The van der Waals surface area contributed by atoms with Crippen molar-refractivity contribution in [2.24, 2.45) is 0 Å². The fourth-order valence-electron chi connectivity index (χ4n) is 10.1. The van der Waals surface area contributed by atoms with Crippen LogP contribution in [0.15, 0.2) is 207 Å². The van der Waals surface area contributed by atoms with Crippen LogP contribution in [0.5, 0.6) is 0 Å². The quantitative estimate of drug-likeness (QED) is 0.142. The molecule has 0 fully saturated rings. The third-order valence-corrected chi connectivity index (χ3v) is 13.8. The first-order valence-electron chi connectivity index (χ1n) is 24.1. The molecule has 6 nitrogen and oxygen atoms in total. The zero-order valence-electron chi connectivity index (χ0n) is 40.3. The predicted octanol–water partition coefficient (Wildman–Crippen LogP) is 17.3. The van der Waals surface area contributed by atoms with Crippen LogP contribution in [0, 0.1) is 0 Å². The van der Waals surface area contributed by atoms with Crippen molar-refractivity contribution < 1.29 is 0 Å². The summed E-state index contributed by atoms with van der Waals surface area (Å²) in [4.78, 5) is 25.3. The van der Waals surface area contributed by atoms with Gasteiger partial charge in [-0.3, -0.25) is 19.8 Å². The van der Waals surface area contributed by atoms with E-state index in [0.717, 1.165) is 78.4 Å². The van der Waals surface area contributed by atoms with Gasteiger partial charge in [0.05, 0.1) is 36.2 Å². The van der Waals surface area contributed by atoms with Gasteiger partial charge in [-0.15, -0.1) is 0 Å². The van der Waals surface area contributed by atoms with Crippen LogP contribution in [0.2, 0.25) is 0 Å². The minimum absolute atomic E-state index is 0.127. The molecular weight excluding hydrogens is 853 g/mol. The van der Waals surface area contributed by atoms with Crippen molar-refractivity contribution in [3.8, 4) is 22.5 Å². The first-order chi connectivity index (χ1) is 33.9. The standard InChI is InChI=1S/C64H52N6/c1-63(2,3)47-29-45-33-54(58-38-68-60(40-66-58)70(50-23-11-8-12-24-50)52-28-26-42-18-14-16-20-44(42)32-52)56-36-48(64(4,5)6)30-46-34-53(55(35-47)61(45)62(46)56)57-37-67-59(39-65-57)69(49-21-9-7-10-22-49)51-27-25-41-17-13-15-19-43(41)31-51/h7-40H,1-6H3. The summed E-state index contributed by atoms with van der Waals surface area (Å²) in [5.41, 5.74) is 10.1. The second-order valence-corrected chi connectivity index (χ2v) is 20.5. The van der Waals surface area contributed by atoms with Crippen LogP contribution in [0.4, 0.5) is 34.4 Å². The molecule has 0 radical (unpaired) electrons. The Morgan fingerprint density at radius 2 is 0.700 bits per heavy atom. The molecule has 338 valence electrons. The molecule has 0 aliphatic heterocycles. The lowest BCUT2D eigenvalue weighted by Gasteiger charge is -2.26. The van der Waals surface area contributed by atoms with Gasteiger partial charge in [-0.25, -0.2) is 9.97 Å². The van der Waals surface area contributed by atoms with Crippen molar-refractivity contribution in [3.05, 3.63) is 218 Å². The molecule has 6 heteroatoms. The molecule has 12 rings (SSSR count). The molecule has 0 unspecified atom stereocenters. The highest BCUT2D eigenvalue weighted by Gasteiger charge is 2.26. The lowest BCUT2D eigenvalue weighted by atomic mass is 9.79. The maximum absolute atomic E-state index is 5.27. The average Bonchev–Trinajstić information content (AvgIpc) is 3.38. The highest BCUT2D eigenvalue weighted by atomic mass is 15.2. The Morgan fingerprint density at radius 3 is 1.07 bits per heavy atom. The summed E-state index contributed by atoms with van der Waals surface area (Å²) in [6.07, 6.45) is 7.74. The van der Waals surface area contributed by atoms with Gasteiger partial charge in [-0.1, -0.05) is 151 Å². The van der Waals surface area contributed by atoms with E-state index < -0.39 is 0 Å². The smallest absolute Gasteiger partial charge is 0.156 e. The Bertz CT molecular complexity index is 3630. The van der Waals surface area contributed by atoms with Crippen molar-refractivity contribution in [2.45, 2.75) is 52.4 Å². The molecule has 0 atom stereocenters. The molecular formula is C64H52N6. The van der Waals surface area contributed by atoms with E-state index >= 15 is 0 Å². The Hall–Kier alpha value is -8.48. The van der Waals surface area contributed by atoms with Crippen molar-refractivity contribution in [1.82, 2.24) is 19.9 Å². The summed E-state index contributed by atoms with van der Waals surface area (Å²) in [6, 6.07) is 65.1. The number of nitrogens with zero attached hydrogens (tertiary/aromatic N) is 6. The maximum atomic E-state index is 5.27. The predicted molar refractivity (Wildman–Crippen MR) is 294 cm³/mol. The summed E-state index contributed by atoms with van der Waals surface area (Å²) in [5.74, 6) is 1.49. The Labute approximate surface area is 408 Å². The molecule has 10 aromatic carbocycles. The van der Waals surface area contributed by atoms with E-state index in [-0.39, 0.29) is 10.8 Å². The normalized spacial score (nSPS) is 12.1. The van der Waals surface area contributed by atoms with Crippen molar-refractivity contribution in [1.29, 1.82) is 0 Å². The number of para-hydroxylation sites is 2. The third-order valence-electron chi connectivity index (χ3n) is 13.8. The summed E-state index contributed by atoms with van der Waals surface area (Å²) in [5, 5.41) is 11.8. The monoisotopic (exact) mass is 904 g/mol. The SMILES string of the molecule is CC(C)(C)c1cc2cc(-c3cnc(N(c4ccccc4)c4ccc5ccccc5c4)cn3)c3cc(C(C)(C)C)cc4cc(-c5cnc(N(c6ccccc6)c6ccc7ccccc7c6)cn5)c(c1)c2c43. The van der Waals surface area contributed by atoms with Crippen molar-refractivity contribution in [3.63, 3.8) is 0 Å². The Morgan fingerprint density at radius 1 is 0.314 bits per heavy atom. The van der Waals surface area contributed by atoms with E-state index in [1.165, 1.54) is 43.4 Å². The number of aromatic nitrogens is 4. The molecule has 0 aliphatic rings. The highest BCUT2D eigenvalue weighted by Crippen LogP contribution is 2.47. The molecule has 0 N–H and O–H groups in total. The summed E-state index contributed by atoms with van der Waals surface area (Å²) < 4.78 is 0. The second-order valence-electron chi connectivity index (χ2n) is 20.5. The van der Waals surface area contributed by atoms with E-state index in [9.17, 15) is 0 Å². The third kappa shape index (κ3) is 7.62. The van der Waals surface area contributed by atoms with Gasteiger partial charge in [0.2, 0.25) is 0 Å². The molecule has 0 amide bonds. The van der Waals surface area contributed by atoms with Gasteiger partial charge in [-0.2, -0.15) is 0 Å². The van der Waals surface area contributed by atoms with E-state index in [0.29, 0.717) is 0 Å². The average molecular weight is 905 g/mol. The van der Waals surface area contributed by atoms with Crippen LogP contribution in [-0.2, 0) is 10.8 Å². The van der Waals surface area contributed by atoms with Crippen LogP contribution >= 0.6 is 0 Å². The van der Waals surface area contributed by atoms with Gasteiger partial charge in [0.25, 0.3) is 0 Å². The second kappa shape index (κ2) is 16.6. The van der Waals surface area contributed by atoms with Crippen LogP contribution < -0.4 is 9.80 Å². The van der Waals surface area contributed by atoms with Gasteiger partial charge in [0.15, 0.2) is 11.6 Å². The van der Waals surface area contributed by atoms with E-state index in [1.807, 2.05) is 36.9 Å². The highest BCUT2D eigenvalue weighted by molar-refractivity contribution is 6.29. The zero-order chi connectivity index (χ0) is 47.7. The minimum Gasteiger partial charge on any atom is -0.294 e. The molecule has 2 heterocycles. The van der Waals surface area contributed by atoms with Crippen LogP contribution in [0.3, 0.4) is 0 Å². The molecule has 0 bridgehead atoms. The Kier molecular flexibility index (Phi) is 10.2. The lowest BCUT2D eigenvalue weighted by molar-refractivity contribution is 0.591. The topological polar surface area (TPSA) is 58.0 Å². The van der Waals surface area contributed by atoms with Crippen LogP contribution in [-0.4, -0.2) is 19.9 Å². The molecule has 70 heavy (non-hydrogen) atoms. The van der Waals surface area contributed by atoms with Crippen molar-refractivity contribution >= 4 is 88.2 Å².